The topological polar surface area (TPSA) is 51.9 Å². The maximum Gasteiger partial charge on any atom is 0.289 e. The SMILES string of the molecule is COCc1ccc(C(=O)N2CCOCC2C)o1. The fourth-order valence-electron chi connectivity index (χ4n) is 1.88. The quantitative estimate of drug-likeness (QED) is 0.797. The molecule has 0 bridgehead atoms. The van der Waals surface area contributed by atoms with Crippen LogP contribution in [-0.4, -0.2) is 43.7 Å². The molecule has 1 atom stereocenters. The normalized spacial score (nSPS) is 20.6. The van der Waals surface area contributed by atoms with Gasteiger partial charge in [0, 0.05) is 13.7 Å². The summed E-state index contributed by atoms with van der Waals surface area (Å²) in [6.07, 6.45) is 0. The molecule has 1 amide bonds. The number of carbonyl (C=O) groups is 1. The van der Waals surface area contributed by atoms with Crippen LogP contribution >= 0.6 is 0 Å². The summed E-state index contributed by atoms with van der Waals surface area (Å²) in [7, 11) is 1.59. The van der Waals surface area contributed by atoms with Gasteiger partial charge in [0.2, 0.25) is 0 Å². The van der Waals surface area contributed by atoms with E-state index in [2.05, 4.69) is 0 Å². The average Bonchev–Trinajstić information content (AvgIpc) is 2.78. The van der Waals surface area contributed by atoms with Gasteiger partial charge >= 0.3 is 0 Å². The molecule has 2 heterocycles. The second kappa shape index (κ2) is 5.33. The Morgan fingerprint density at radius 2 is 2.41 bits per heavy atom. The van der Waals surface area contributed by atoms with Gasteiger partial charge in [0.05, 0.1) is 19.3 Å². The molecule has 0 N–H and O–H groups in total. The molecule has 1 aliphatic rings. The van der Waals surface area contributed by atoms with E-state index in [4.69, 9.17) is 13.9 Å². The maximum absolute atomic E-state index is 12.2. The van der Waals surface area contributed by atoms with Crippen LogP contribution in [-0.2, 0) is 16.1 Å². The Balaban J connectivity index is 2.07. The van der Waals surface area contributed by atoms with Gasteiger partial charge in [0.25, 0.3) is 5.91 Å². The number of hydrogen-bond donors (Lipinski definition) is 0. The van der Waals surface area contributed by atoms with Crippen LogP contribution in [0.25, 0.3) is 0 Å². The minimum Gasteiger partial charge on any atom is -0.453 e. The van der Waals surface area contributed by atoms with Crippen molar-refractivity contribution < 1.29 is 18.7 Å². The minimum absolute atomic E-state index is 0.0804. The highest BCUT2D eigenvalue weighted by molar-refractivity contribution is 5.91. The van der Waals surface area contributed by atoms with Gasteiger partial charge < -0.3 is 18.8 Å². The third kappa shape index (κ3) is 2.68. The fourth-order valence-corrected chi connectivity index (χ4v) is 1.88. The number of morpholine rings is 1. The highest BCUT2D eigenvalue weighted by Crippen LogP contribution is 2.15. The Morgan fingerprint density at radius 3 is 3.12 bits per heavy atom. The van der Waals surface area contributed by atoms with E-state index in [-0.39, 0.29) is 11.9 Å². The van der Waals surface area contributed by atoms with Gasteiger partial charge in [-0.2, -0.15) is 0 Å². The van der Waals surface area contributed by atoms with Crippen LogP contribution in [0, 0.1) is 0 Å². The molecule has 0 aliphatic carbocycles. The van der Waals surface area contributed by atoms with Gasteiger partial charge in [0.1, 0.15) is 12.4 Å². The lowest BCUT2D eigenvalue weighted by atomic mass is 10.2. The number of methoxy groups -OCH3 is 1. The Labute approximate surface area is 100 Å². The molecule has 0 aromatic carbocycles. The Hall–Kier alpha value is -1.33. The standard InChI is InChI=1S/C12H17NO4/c1-9-7-16-6-5-13(9)12(14)11-4-3-10(17-11)8-15-2/h3-4,9H,5-8H2,1-2H3. The molecule has 0 radical (unpaired) electrons. The molecule has 1 fully saturated rings. The fraction of sp³-hybridized carbons (Fsp3) is 0.583. The van der Waals surface area contributed by atoms with Crippen LogP contribution in [0.15, 0.2) is 16.5 Å². The minimum atomic E-state index is -0.0804. The molecule has 94 valence electrons. The summed E-state index contributed by atoms with van der Waals surface area (Å²) in [5.74, 6) is 0.950. The van der Waals surface area contributed by atoms with Crippen LogP contribution in [0.3, 0.4) is 0 Å². The number of nitrogens with zero attached hydrogens (tertiary/aromatic N) is 1. The van der Waals surface area contributed by atoms with E-state index in [9.17, 15) is 4.79 Å². The second-order valence-electron chi connectivity index (χ2n) is 4.12. The summed E-state index contributed by atoms with van der Waals surface area (Å²) in [5.41, 5.74) is 0. The van der Waals surface area contributed by atoms with Crippen LogP contribution in [0.5, 0.6) is 0 Å². The molecule has 1 aromatic rings. The zero-order valence-electron chi connectivity index (χ0n) is 10.1. The first-order valence-electron chi connectivity index (χ1n) is 5.68. The van der Waals surface area contributed by atoms with Gasteiger partial charge in [-0.3, -0.25) is 4.79 Å². The largest absolute Gasteiger partial charge is 0.453 e. The third-order valence-electron chi connectivity index (χ3n) is 2.79. The van der Waals surface area contributed by atoms with Crippen molar-refractivity contribution in [3.8, 4) is 0 Å². The van der Waals surface area contributed by atoms with E-state index in [1.165, 1.54) is 0 Å². The van der Waals surface area contributed by atoms with Crippen molar-refractivity contribution in [3.05, 3.63) is 23.7 Å². The molecule has 1 aromatic heterocycles. The molecular formula is C12H17NO4. The first kappa shape index (κ1) is 12.1. The summed E-state index contributed by atoms with van der Waals surface area (Å²) in [5, 5.41) is 0. The van der Waals surface area contributed by atoms with Gasteiger partial charge in [-0.1, -0.05) is 0 Å². The van der Waals surface area contributed by atoms with Crippen molar-refractivity contribution in [1.82, 2.24) is 4.90 Å². The summed E-state index contributed by atoms with van der Waals surface area (Å²) in [6.45, 7) is 4.13. The molecule has 1 saturated heterocycles. The maximum atomic E-state index is 12.2. The molecule has 5 nitrogen and oxygen atoms in total. The van der Waals surface area contributed by atoms with Crippen molar-refractivity contribution in [2.24, 2.45) is 0 Å². The average molecular weight is 239 g/mol. The van der Waals surface area contributed by atoms with Crippen molar-refractivity contribution in [2.45, 2.75) is 19.6 Å². The van der Waals surface area contributed by atoms with E-state index in [1.54, 1.807) is 24.1 Å². The number of carbonyl (C=O) groups excluding carboxylic acids is 1. The van der Waals surface area contributed by atoms with Gasteiger partial charge in [-0.05, 0) is 19.1 Å². The number of hydrogen-bond acceptors (Lipinski definition) is 4. The van der Waals surface area contributed by atoms with Crippen LogP contribution in [0.1, 0.15) is 23.2 Å². The highest BCUT2D eigenvalue weighted by atomic mass is 16.5. The van der Waals surface area contributed by atoms with E-state index in [1.807, 2.05) is 6.92 Å². The molecule has 1 unspecified atom stereocenters. The zero-order valence-corrected chi connectivity index (χ0v) is 10.1. The van der Waals surface area contributed by atoms with Crippen molar-refractivity contribution in [2.75, 3.05) is 26.9 Å². The van der Waals surface area contributed by atoms with Gasteiger partial charge in [-0.25, -0.2) is 0 Å². The molecule has 5 heteroatoms. The summed E-state index contributed by atoms with van der Waals surface area (Å²) in [6, 6.07) is 3.55. The number of amides is 1. The van der Waals surface area contributed by atoms with E-state index in [0.29, 0.717) is 37.9 Å². The number of furan rings is 1. The van der Waals surface area contributed by atoms with Crippen LogP contribution in [0.4, 0.5) is 0 Å². The van der Waals surface area contributed by atoms with Crippen molar-refractivity contribution in [1.29, 1.82) is 0 Å². The Bertz CT molecular complexity index is 388. The number of ether oxygens (including phenoxy) is 2. The van der Waals surface area contributed by atoms with E-state index >= 15 is 0 Å². The smallest absolute Gasteiger partial charge is 0.289 e. The van der Waals surface area contributed by atoms with Crippen molar-refractivity contribution in [3.63, 3.8) is 0 Å². The molecule has 2 rings (SSSR count). The molecule has 17 heavy (non-hydrogen) atoms. The first-order chi connectivity index (χ1) is 8.22. The van der Waals surface area contributed by atoms with Gasteiger partial charge in [0.15, 0.2) is 5.76 Å². The molecule has 1 aliphatic heterocycles. The lowest BCUT2D eigenvalue weighted by molar-refractivity contribution is 0.00176. The lowest BCUT2D eigenvalue weighted by Crippen LogP contribution is -2.47. The highest BCUT2D eigenvalue weighted by Gasteiger charge is 2.26. The first-order valence-corrected chi connectivity index (χ1v) is 5.68. The Morgan fingerprint density at radius 1 is 1.59 bits per heavy atom. The monoisotopic (exact) mass is 239 g/mol. The predicted octanol–water partition coefficient (Wildman–Crippen LogP) is 1.29. The molecule has 0 saturated carbocycles. The predicted molar refractivity (Wildman–Crippen MR) is 60.7 cm³/mol. The van der Waals surface area contributed by atoms with Crippen LogP contribution < -0.4 is 0 Å². The second-order valence-corrected chi connectivity index (χ2v) is 4.12. The van der Waals surface area contributed by atoms with Crippen LogP contribution in [0.2, 0.25) is 0 Å². The molecular weight excluding hydrogens is 222 g/mol. The summed E-state index contributed by atoms with van der Waals surface area (Å²) >= 11 is 0. The Kier molecular flexibility index (Phi) is 3.81. The van der Waals surface area contributed by atoms with Gasteiger partial charge in [-0.15, -0.1) is 0 Å². The summed E-state index contributed by atoms with van der Waals surface area (Å²) < 4.78 is 15.7. The van der Waals surface area contributed by atoms with E-state index < -0.39 is 0 Å². The zero-order chi connectivity index (χ0) is 12.3. The molecule has 0 spiro atoms. The van der Waals surface area contributed by atoms with Crippen molar-refractivity contribution >= 4 is 5.91 Å². The van der Waals surface area contributed by atoms with E-state index in [0.717, 1.165) is 0 Å². The summed E-state index contributed by atoms with van der Waals surface area (Å²) in [4.78, 5) is 13.9. The third-order valence-corrected chi connectivity index (χ3v) is 2.79. The lowest BCUT2D eigenvalue weighted by Gasteiger charge is -2.32. The number of rotatable bonds is 3.